The Labute approximate surface area is 151 Å². The summed E-state index contributed by atoms with van der Waals surface area (Å²) in [5.41, 5.74) is 3.63. The van der Waals surface area contributed by atoms with Crippen molar-refractivity contribution in [3.63, 3.8) is 0 Å². The molecule has 1 heterocycles. The number of thioether (sulfide) groups is 1. The summed E-state index contributed by atoms with van der Waals surface area (Å²) >= 11 is 2.97. The molecule has 1 aromatic carbocycles. The molecule has 0 bridgehead atoms. The third kappa shape index (κ3) is 5.73. The number of nitrogens with zero attached hydrogens (tertiary/aromatic N) is 2. The number of sulfonamides is 1. The van der Waals surface area contributed by atoms with Crippen molar-refractivity contribution in [1.29, 1.82) is 0 Å². The van der Waals surface area contributed by atoms with Crippen molar-refractivity contribution in [2.75, 3.05) is 16.8 Å². The van der Waals surface area contributed by atoms with Crippen molar-refractivity contribution < 1.29 is 8.42 Å². The first-order valence-corrected chi connectivity index (χ1v) is 11.3. The number of para-hydroxylation sites is 1. The zero-order valence-electron chi connectivity index (χ0n) is 13.8. The molecule has 0 amide bonds. The highest BCUT2D eigenvalue weighted by molar-refractivity contribution is 8.01. The Bertz CT molecular complexity index is 753. The Balaban J connectivity index is 1.99. The van der Waals surface area contributed by atoms with Gasteiger partial charge in [-0.15, -0.1) is 10.2 Å². The van der Waals surface area contributed by atoms with Crippen LogP contribution in [0.15, 0.2) is 22.5 Å². The Kier molecular flexibility index (Phi) is 7.02. The molecular weight excluding hydrogens is 364 g/mol. The van der Waals surface area contributed by atoms with E-state index in [0.717, 1.165) is 28.0 Å². The summed E-state index contributed by atoms with van der Waals surface area (Å²) in [6, 6.07) is 6.31. The summed E-state index contributed by atoms with van der Waals surface area (Å²) in [5.74, 6) is 0.643. The number of aryl methyl sites for hydroxylation is 2. The van der Waals surface area contributed by atoms with E-state index in [1.165, 1.54) is 34.2 Å². The standard InChI is InChI=1S/C15H22N4O2S3/c1-3-11-7-5-8-12(4-2)13(11)17-14-18-19-15(23-14)22-9-6-10-24(16,20)21/h5,7-8H,3-4,6,9-10H2,1-2H3,(H,17,18)(H2,16,20,21). The zero-order valence-corrected chi connectivity index (χ0v) is 16.2. The van der Waals surface area contributed by atoms with E-state index < -0.39 is 10.0 Å². The molecule has 3 N–H and O–H groups in total. The van der Waals surface area contributed by atoms with Gasteiger partial charge in [0.1, 0.15) is 0 Å². The van der Waals surface area contributed by atoms with E-state index in [1.807, 2.05) is 0 Å². The molecule has 0 fully saturated rings. The average molecular weight is 387 g/mol. The van der Waals surface area contributed by atoms with Gasteiger partial charge in [0, 0.05) is 11.4 Å². The van der Waals surface area contributed by atoms with Crippen LogP contribution < -0.4 is 10.5 Å². The lowest BCUT2D eigenvalue weighted by molar-refractivity contribution is 0.596. The molecule has 0 aliphatic heterocycles. The summed E-state index contributed by atoms with van der Waals surface area (Å²) < 4.78 is 22.6. The van der Waals surface area contributed by atoms with Gasteiger partial charge < -0.3 is 5.32 Å². The smallest absolute Gasteiger partial charge is 0.210 e. The summed E-state index contributed by atoms with van der Waals surface area (Å²) in [6.45, 7) is 4.26. The fraction of sp³-hybridized carbons (Fsp3) is 0.467. The van der Waals surface area contributed by atoms with Crippen molar-refractivity contribution in [3.8, 4) is 0 Å². The third-order valence-electron chi connectivity index (χ3n) is 3.44. The van der Waals surface area contributed by atoms with Crippen LogP contribution in [0, 0.1) is 0 Å². The number of benzene rings is 1. The lowest BCUT2D eigenvalue weighted by atomic mass is 10.0. The first kappa shape index (κ1) is 19.2. The van der Waals surface area contributed by atoms with Gasteiger partial charge >= 0.3 is 0 Å². The van der Waals surface area contributed by atoms with Gasteiger partial charge in [0.25, 0.3) is 0 Å². The fourth-order valence-electron chi connectivity index (χ4n) is 2.25. The van der Waals surface area contributed by atoms with E-state index in [0.29, 0.717) is 12.2 Å². The zero-order chi connectivity index (χ0) is 17.6. The highest BCUT2D eigenvalue weighted by atomic mass is 32.2. The second kappa shape index (κ2) is 8.80. The van der Waals surface area contributed by atoms with Crippen LogP contribution in [-0.4, -0.2) is 30.1 Å². The van der Waals surface area contributed by atoms with Crippen LogP contribution in [0.2, 0.25) is 0 Å². The molecule has 132 valence electrons. The second-order valence-electron chi connectivity index (χ2n) is 5.23. The maximum absolute atomic E-state index is 10.9. The molecule has 0 aliphatic carbocycles. The number of nitrogens with two attached hydrogens (primary N) is 1. The highest BCUT2D eigenvalue weighted by Crippen LogP contribution is 2.31. The Morgan fingerprint density at radius 1 is 1.21 bits per heavy atom. The van der Waals surface area contributed by atoms with Crippen molar-refractivity contribution >= 4 is 43.9 Å². The van der Waals surface area contributed by atoms with Gasteiger partial charge in [-0.25, -0.2) is 13.6 Å². The predicted octanol–water partition coefficient (Wildman–Crippen LogP) is 3.18. The molecule has 0 atom stereocenters. The van der Waals surface area contributed by atoms with E-state index in [9.17, 15) is 8.42 Å². The monoisotopic (exact) mass is 386 g/mol. The highest BCUT2D eigenvalue weighted by Gasteiger charge is 2.11. The summed E-state index contributed by atoms with van der Waals surface area (Å²) in [7, 11) is -3.39. The normalized spacial score (nSPS) is 11.6. The third-order valence-corrected chi connectivity index (χ3v) is 6.35. The number of primary sulfonamides is 1. The maximum atomic E-state index is 10.9. The van der Waals surface area contributed by atoms with Crippen molar-refractivity contribution in [2.45, 2.75) is 37.4 Å². The van der Waals surface area contributed by atoms with Crippen molar-refractivity contribution in [3.05, 3.63) is 29.3 Å². The van der Waals surface area contributed by atoms with Gasteiger partial charge in [-0.3, -0.25) is 0 Å². The second-order valence-corrected chi connectivity index (χ2v) is 9.28. The van der Waals surface area contributed by atoms with Crippen LogP contribution in [0.3, 0.4) is 0 Å². The van der Waals surface area contributed by atoms with Gasteiger partial charge in [-0.2, -0.15) is 0 Å². The van der Waals surface area contributed by atoms with Crippen LogP contribution >= 0.6 is 23.1 Å². The first-order chi connectivity index (χ1) is 11.4. The summed E-state index contributed by atoms with van der Waals surface area (Å²) in [6.07, 6.45) is 2.40. The number of rotatable bonds is 9. The molecule has 0 saturated heterocycles. The fourth-order valence-corrected chi connectivity index (χ4v) is 4.74. The number of nitrogens with one attached hydrogen (secondary N) is 1. The molecular formula is C15H22N4O2S3. The molecule has 2 aromatic rings. The lowest BCUT2D eigenvalue weighted by Crippen LogP contribution is -2.16. The summed E-state index contributed by atoms with van der Waals surface area (Å²) in [4.78, 5) is 0. The van der Waals surface area contributed by atoms with Gasteiger partial charge in [-0.1, -0.05) is 55.1 Å². The van der Waals surface area contributed by atoms with E-state index >= 15 is 0 Å². The molecule has 24 heavy (non-hydrogen) atoms. The molecule has 0 saturated carbocycles. The maximum Gasteiger partial charge on any atom is 0.210 e. The number of anilines is 2. The minimum atomic E-state index is -3.39. The molecule has 6 nitrogen and oxygen atoms in total. The van der Waals surface area contributed by atoms with Crippen LogP contribution in [-0.2, 0) is 22.9 Å². The molecule has 0 radical (unpaired) electrons. The largest absolute Gasteiger partial charge is 0.330 e. The molecule has 2 rings (SSSR count). The van der Waals surface area contributed by atoms with E-state index in [-0.39, 0.29) is 5.75 Å². The molecule has 0 aliphatic rings. The quantitative estimate of drug-likeness (QED) is 0.507. The number of aromatic nitrogens is 2. The van der Waals surface area contributed by atoms with E-state index in [1.54, 1.807) is 0 Å². The predicted molar refractivity (Wildman–Crippen MR) is 102 cm³/mol. The average Bonchev–Trinajstić information content (AvgIpc) is 2.98. The van der Waals surface area contributed by atoms with Crippen LogP contribution in [0.1, 0.15) is 31.4 Å². The minimum absolute atomic E-state index is 0.00630. The Morgan fingerprint density at radius 2 is 1.88 bits per heavy atom. The molecule has 9 heteroatoms. The SMILES string of the molecule is CCc1cccc(CC)c1Nc1nnc(SCCCS(N)(=O)=O)s1. The van der Waals surface area contributed by atoms with E-state index in [4.69, 9.17) is 5.14 Å². The van der Waals surface area contributed by atoms with Gasteiger partial charge in [0.2, 0.25) is 15.2 Å². The minimum Gasteiger partial charge on any atom is -0.330 e. The molecule has 1 aromatic heterocycles. The van der Waals surface area contributed by atoms with E-state index in [2.05, 4.69) is 47.6 Å². The van der Waals surface area contributed by atoms with Crippen LogP contribution in [0.4, 0.5) is 10.8 Å². The van der Waals surface area contributed by atoms with Crippen molar-refractivity contribution in [1.82, 2.24) is 10.2 Å². The van der Waals surface area contributed by atoms with Crippen LogP contribution in [0.25, 0.3) is 0 Å². The van der Waals surface area contributed by atoms with Crippen LogP contribution in [0.5, 0.6) is 0 Å². The van der Waals surface area contributed by atoms with Gasteiger partial charge in [0.05, 0.1) is 5.75 Å². The van der Waals surface area contributed by atoms with Crippen molar-refractivity contribution in [2.24, 2.45) is 5.14 Å². The Hall–Kier alpha value is -1.16. The topological polar surface area (TPSA) is 98.0 Å². The molecule has 0 unspecified atom stereocenters. The lowest BCUT2D eigenvalue weighted by Gasteiger charge is -2.13. The summed E-state index contributed by atoms with van der Waals surface area (Å²) in [5, 5.41) is 17.5. The first-order valence-electron chi connectivity index (χ1n) is 7.77. The van der Waals surface area contributed by atoms with Gasteiger partial charge in [0.15, 0.2) is 4.34 Å². The van der Waals surface area contributed by atoms with Gasteiger partial charge in [-0.05, 0) is 30.4 Å². The number of hydrogen-bond acceptors (Lipinski definition) is 7. The molecule has 0 spiro atoms. The number of hydrogen-bond donors (Lipinski definition) is 2. The Morgan fingerprint density at radius 3 is 2.46 bits per heavy atom.